The SMILES string of the molecule is C[C@@H]1CNCCN1CCCCCO. The highest BCUT2D eigenvalue weighted by atomic mass is 16.2. The van der Waals surface area contributed by atoms with E-state index < -0.39 is 0 Å². The van der Waals surface area contributed by atoms with Crippen LogP contribution < -0.4 is 5.32 Å². The number of aliphatic hydroxyl groups excluding tert-OH is 1. The Morgan fingerprint density at radius 3 is 2.92 bits per heavy atom. The zero-order valence-corrected chi connectivity index (χ0v) is 8.63. The molecule has 2 N–H and O–H groups in total. The van der Waals surface area contributed by atoms with Crippen molar-refractivity contribution in [3.05, 3.63) is 0 Å². The van der Waals surface area contributed by atoms with Crippen molar-refractivity contribution in [2.75, 3.05) is 32.8 Å². The van der Waals surface area contributed by atoms with Crippen molar-refractivity contribution in [1.82, 2.24) is 10.2 Å². The van der Waals surface area contributed by atoms with Crippen molar-refractivity contribution in [1.29, 1.82) is 0 Å². The monoisotopic (exact) mass is 186 g/mol. The lowest BCUT2D eigenvalue weighted by Gasteiger charge is -2.33. The number of hydrogen-bond donors (Lipinski definition) is 2. The first-order valence-corrected chi connectivity index (χ1v) is 5.40. The lowest BCUT2D eigenvalue weighted by atomic mass is 10.2. The topological polar surface area (TPSA) is 35.5 Å². The highest BCUT2D eigenvalue weighted by Gasteiger charge is 2.16. The van der Waals surface area contributed by atoms with Gasteiger partial charge in [-0.25, -0.2) is 0 Å². The van der Waals surface area contributed by atoms with Gasteiger partial charge in [-0.2, -0.15) is 0 Å². The molecule has 0 saturated carbocycles. The van der Waals surface area contributed by atoms with Crippen LogP contribution >= 0.6 is 0 Å². The molecule has 0 aromatic heterocycles. The molecular weight excluding hydrogens is 164 g/mol. The molecule has 1 aliphatic heterocycles. The van der Waals surface area contributed by atoms with Crippen LogP contribution in [0.4, 0.5) is 0 Å². The molecule has 13 heavy (non-hydrogen) atoms. The molecule has 0 radical (unpaired) electrons. The zero-order valence-electron chi connectivity index (χ0n) is 8.63. The summed E-state index contributed by atoms with van der Waals surface area (Å²) in [7, 11) is 0. The average Bonchev–Trinajstić information content (AvgIpc) is 2.15. The number of hydrogen-bond acceptors (Lipinski definition) is 3. The van der Waals surface area contributed by atoms with Gasteiger partial charge in [0, 0.05) is 32.3 Å². The summed E-state index contributed by atoms with van der Waals surface area (Å²) < 4.78 is 0. The maximum atomic E-state index is 8.63. The van der Waals surface area contributed by atoms with Crippen molar-refractivity contribution >= 4 is 0 Å². The van der Waals surface area contributed by atoms with Gasteiger partial charge in [-0.15, -0.1) is 0 Å². The normalized spacial score (nSPS) is 24.9. The molecule has 1 saturated heterocycles. The molecule has 1 heterocycles. The summed E-state index contributed by atoms with van der Waals surface area (Å²) in [5.41, 5.74) is 0. The second kappa shape index (κ2) is 6.35. The molecule has 0 bridgehead atoms. The maximum absolute atomic E-state index is 8.63. The van der Waals surface area contributed by atoms with Gasteiger partial charge >= 0.3 is 0 Å². The molecule has 0 amide bonds. The molecule has 0 aromatic carbocycles. The first-order chi connectivity index (χ1) is 6.34. The Balaban J connectivity index is 2.05. The summed E-state index contributed by atoms with van der Waals surface area (Å²) in [4.78, 5) is 2.54. The molecule has 3 heteroatoms. The van der Waals surface area contributed by atoms with E-state index in [2.05, 4.69) is 17.1 Å². The van der Waals surface area contributed by atoms with Gasteiger partial charge < -0.3 is 10.4 Å². The van der Waals surface area contributed by atoms with E-state index in [9.17, 15) is 0 Å². The van der Waals surface area contributed by atoms with E-state index in [1.807, 2.05) is 0 Å². The number of aliphatic hydroxyl groups is 1. The van der Waals surface area contributed by atoms with Gasteiger partial charge in [0.05, 0.1) is 0 Å². The number of nitrogens with zero attached hydrogens (tertiary/aromatic N) is 1. The zero-order chi connectivity index (χ0) is 9.52. The number of rotatable bonds is 5. The summed E-state index contributed by atoms with van der Waals surface area (Å²) in [6.07, 6.45) is 3.35. The van der Waals surface area contributed by atoms with E-state index in [1.165, 1.54) is 19.5 Å². The average molecular weight is 186 g/mol. The molecule has 1 fully saturated rings. The maximum Gasteiger partial charge on any atom is 0.0431 e. The summed E-state index contributed by atoms with van der Waals surface area (Å²) in [5, 5.41) is 12.0. The van der Waals surface area contributed by atoms with E-state index in [4.69, 9.17) is 5.11 Å². The fourth-order valence-corrected chi connectivity index (χ4v) is 1.82. The Morgan fingerprint density at radius 1 is 1.38 bits per heavy atom. The van der Waals surface area contributed by atoms with Gasteiger partial charge in [-0.3, -0.25) is 4.90 Å². The molecule has 1 rings (SSSR count). The van der Waals surface area contributed by atoms with Crippen LogP contribution in [-0.2, 0) is 0 Å². The smallest absolute Gasteiger partial charge is 0.0431 e. The largest absolute Gasteiger partial charge is 0.396 e. The van der Waals surface area contributed by atoms with Crippen LogP contribution in [0.25, 0.3) is 0 Å². The van der Waals surface area contributed by atoms with Crippen LogP contribution in [0.1, 0.15) is 26.2 Å². The molecule has 0 spiro atoms. The molecular formula is C10H22N2O. The molecule has 1 aliphatic rings. The third kappa shape index (κ3) is 4.07. The Bertz CT molecular complexity index is 130. The van der Waals surface area contributed by atoms with Gasteiger partial charge in [0.2, 0.25) is 0 Å². The van der Waals surface area contributed by atoms with Crippen LogP contribution in [0.2, 0.25) is 0 Å². The minimum absolute atomic E-state index is 0.344. The first kappa shape index (κ1) is 11.0. The Labute approximate surface area is 81.1 Å². The fraction of sp³-hybridized carbons (Fsp3) is 1.00. The lowest BCUT2D eigenvalue weighted by Crippen LogP contribution is -2.49. The third-order valence-corrected chi connectivity index (χ3v) is 2.74. The lowest BCUT2D eigenvalue weighted by molar-refractivity contribution is 0.168. The van der Waals surface area contributed by atoms with E-state index in [0.29, 0.717) is 12.6 Å². The Kier molecular flexibility index (Phi) is 5.35. The summed E-state index contributed by atoms with van der Waals surface area (Å²) in [6, 6.07) is 0.683. The molecule has 0 unspecified atom stereocenters. The van der Waals surface area contributed by atoms with Crippen molar-refractivity contribution < 1.29 is 5.11 Å². The highest BCUT2D eigenvalue weighted by molar-refractivity contribution is 4.75. The Morgan fingerprint density at radius 2 is 2.23 bits per heavy atom. The van der Waals surface area contributed by atoms with Crippen molar-refractivity contribution in [2.45, 2.75) is 32.2 Å². The van der Waals surface area contributed by atoms with Gasteiger partial charge in [0.1, 0.15) is 0 Å². The van der Waals surface area contributed by atoms with Gasteiger partial charge in [-0.1, -0.05) is 0 Å². The summed E-state index contributed by atoms with van der Waals surface area (Å²) >= 11 is 0. The number of unbranched alkanes of at least 4 members (excludes halogenated alkanes) is 2. The minimum Gasteiger partial charge on any atom is -0.396 e. The van der Waals surface area contributed by atoms with E-state index >= 15 is 0 Å². The third-order valence-electron chi connectivity index (χ3n) is 2.74. The van der Waals surface area contributed by atoms with E-state index in [1.54, 1.807) is 0 Å². The second-order valence-electron chi connectivity index (χ2n) is 3.87. The second-order valence-corrected chi connectivity index (χ2v) is 3.87. The van der Waals surface area contributed by atoms with Crippen LogP contribution in [0.3, 0.4) is 0 Å². The molecule has 1 atom stereocenters. The predicted octanol–water partition coefficient (Wildman–Crippen LogP) is 0.443. The quantitative estimate of drug-likeness (QED) is 0.612. The van der Waals surface area contributed by atoms with Crippen LogP contribution in [0.15, 0.2) is 0 Å². The van der Waals surface area contributed by atoms with Crippen LogP contribution in [0, 0.1) is 0 Å². The molecule has 3 nitrogen and oxygen atoms in total. The highest BCUT2D eigenvalue weighted by Crippen LogP contribution is 2.05. The Hall–Kier alpha value is -0.120. The number of nitrogens with one attached hydrogen (secondary N) is 1. The van der Waals surface area contributed by atoms with Gasteiger partial charge in [0.25, 0.3) is 0 Å². The van der Waals surface area contributed by atoms with Crippen molar-refractivity contribution in [3.8, 4) is 0 Å². The van der Waals surface area contributed by atoms with E-state index in [0.717, 1.165) is 25.9 Å². The molecule has 0 aliphatic carbocycles. The standard InChI is InChI=1S/C10H22N2O/c1-10-9-11-5-7-12(10)6-3-2-4-8-13/h10-11,13H,2-9H2,1H3/t10-/m1/s1. The van der Waals surface area contributed by atoms with E-state index in [-0.39, 0.29) is 0 Å². The first-order valence-electron chi connectivity index (χ1n) is 5.40. The molecule has 0 aromatic rings. The van der Waals surface area contributed by atoms with Gasteiger partial charge in [-0.05, 0) is 32.7 Å². The summed E-state index contributed by atoms with van der Waals surface area (Å²) in [5.74, 6) is 0. The minimum atomic E-state index is 0.344. The summed E-state index contributed by atoms with van der Waals surface area (Å²) in [6.45, 7) is 7.25. The van der Waals surface area contributed by atoms with Crippen molar-refractivity contribution in [2.24, 2.45) is 0 Å². The fourth-order valence-electron chi connectivity index (χ4n) is 1.82. The predicted molar refractivity (Wildman–Crippen MR) is 54.8 cm³/mol. The van der Waals surface area contributed by atoms with Crippen molar-refractivity contribution in [3.63, 3.8) is 0 Å². The van der Waals surface area contributed by atoms with Crippen LogP contribution in [-0.4, -0.2) is 48.8 Å². The van der Waals surface area contributed by atoms with Gasteiger partial charge in [0.15, 0.2) is 0 Å². The number of piperazine rings is 1. The van der Waals surface area contributed by atoms with Crippen LogP contribution in [0.5, 0.6) is 0 Å². The molecule has 78 valence electrons.